The molecule has 3 aliphatic rings. The lowest BCUT2D eigenvalue weighted by Crippen LogP contribution is -2.52. The highest BCUT2D eigenvalue weighted by atomic mass is 16.4. The van der Waals surface area contributed by atoms with Gasteiger partial charge in [-0.05, 0) is 25.2 Å². The van der Waals surface area contributed by atoms with Crippen LogP contribution in [0.2, 0.25) is 0 Å². The van der Waals surface area contributed by atoms with Gasteiger partial charge in [-0.15, -0.1) is 0 Å². The molecule has 0 radical (unpaired) electrons. The van der Waals surface area contributed by atoms with E-state index in [1.165, 1.54) is 10.8 Å². The Bertz CT molecular complexity index is 738. The Hall–Kier alpha value is -2.31. The number of hydrogen-bond acceptors (Lipinski definition) is 4. The van der Waals surface area contributed by atoms with Gasteiger partial charge in [0, 0.05) is 18.8 Å². The molecule has 2 bridgehead atoms. The van der Waals surface area contributed by atoms with Gasteiger partial charge in [0.1, 0.15) is 5.56 Å². The summed E-state index contributed by atoms with van der Waals surface area (Å²) in [6.07, 6.45) is 4.18. The lowest BCUT2D eigenvalue weighted by atomic mass is 9.96. The third-order valence-corrected chi connectivity index (χ3v) is 5.05. The first-order valence-corrected chi connectivity index (χ1v) is 7.01. The molecule has 2 aliphatic heterocycles. The SMILES string of the molecule is O=C(O)c1cn2c(c(O)c1=O)C(=O)N1[C@H]3CC[C@H](C3)[C@@H]1C2. The summed E-state index contributed by atoms with van der Waals surface area (Å²) in [5.41, 5.74) is -1.57. The van der Waals surface area contributed by atoms with Crippen LogP contribution in [0.5, 0.6) is 5.75 Å². The molecule has 0 spiro atoms. The summed E-state index contributed by atoms with van der Waals surface area (Å²) in [6, 6.07) is 0.238. The molecule has 1 aromatic heterocycles. The summed E-state index contributed by atoms with van der Waals surface area (Å²) in [6.45, 7) is 0.441. The number of aromatic carboxylic acids is 1. The summed E-state index contributed by atoms with van der Waals surface area (Å²) in [7, 11) is 0. The number of carbonyl (C=O) groups excluding carboxylic acids is 1. The van der Waals surface area contributed by atoms with Crippen LogP contribution in [0, 0.1) is 5.92 Å². The maximum atomic E-state index is 12.6. The number of piperidine rings is 1. The van der Waals surface area contributed by atoms with Crippen molar-refractivity contribution >= 4 is 11.9 Å². The first kappa shape index (κ1) is 12.4. The van der Waals surface area contributed by atoms with E-state index in [4.69, 9.17) is 5.11 Å². The standard InChI is InChI=1S/C14H14N2O5/c17-11-8(14(20)21)4-15-5-9-6-1-2-7(3-6)16(9)13(19)10(15)12(11)18/h4,6-7,9,18H,1-3,5H2,(H,20,21)/t6-,7+,9+/m1/s1. The van der Waals surface area contributed by atoms with Crippen molar-refractivity contribution in [2.75, 3.05) is 0 Å². The Kier molecular flexibility index (Phi) is 2.29. The molecule has 1 saturated heterocycles. The largest absolute Gasteiger partial charge is 0.503 e. The number of aromatic nitrogens is 1. The predicted octanol–water partition coefficient (Wildman–Crippen LogP) is 0.259. The van der Waals surface area contributed by atoms with Crippen LogP contribution in [0.1, 0.15) is 40.1 Å². The summed E-state index contributed by atoms with van der Waals surface area (Å²) >= 11 is 0. The van der Waals surface area contributed by atoms with Gasteiger partial charge in [-0.3, -0.25) is 9.59 Å². The Morgan fingerprint density at radius 1 is 1.29 bits per heavy atom. The Morgan fingerprint density at radius 2 is 2.05 bits per heavy atom. The van der Waals surface area contributed by atoms with Crippen LogP contribution in [0.4, 0.5) is 0 Å². The molecule has 1 aromatic rings. The Balaban J connectivity index is 1.90. The number of nitrogens with zero attached hydrogens (tertiary/aromatic N) is 2. The second-order valence-electron chi connectivity index (χ2n) is 6.03. The molecule has 21 heavy (non-hydrogen) atoms. The van der Waals surface area contributed by atoms with E-state index in [1.54, 1.807) is 4.90 Å². The van der Waals surface area contributed by atoms with Crippen LogP contribution in [0.25, 0.3) is 0 Å². The number of fused-ring (bicyclic) bond motifs is 6. The minimum absolute atomic E-state index is 0.0484. The quantitative estimate of drug-likeness (QED) is 0.772. The van der Waals surface area contributed by atoms with Crippen molar-refractivity contribution < 1.29 is 19.8 Å². The van der Waals surface area contributed by atoms with E-state index >= 15 is 0 Å². The maximum Gasteiger partial charge on any atom is 0.341 e. The van der Waals surface area contributed by atoms with Crippen molar-refractivity contribution in [3.63, 3.8) is 0 Å². The maximum absolute atomic E-state index is 12.6. The molecule has 0 unspecified atom stereocenters. The zero-order valence-electron chi connectivity index (χ0n) is 11.2. The highest BCUT2D eigenvalue weighted by Crippen LogP contribution is 2.45. The normalized spacial score (nSPS) is 29.4. The lowest BCUT2D eigenvalue weighted by molar-refractivity contribution is 0.0479. The van der Waals surface area contributed by atoms with Crippen LogP contribution < -0.4 is 5.43 Å². The van der Waals surface area contributed by atoms with Crippen molar-refractivity contribution in [2.24, 2.45) is 5.92 Å². The predicted molar refractivity (Wildman–Crippen MR) is 70.4 cm³/mol. The fourth-order valence-electron chi connectivity index (χ4n) is 4.14. The van der Waals surface area contributed by atoms with Gasteiger partial charge >= 0.3 is 5.97 Å². The first-order valence-electron chi connectivity index (χ1n) is 7.01. The average Bonchev–Trinajstić information content (AvgIpc) is 3.03. The van der Waals surface area contributed by atoms with Crippen molar-refractivity contribution in [2.45, 2.75) is 37.9 Å². The lowest BCUT2D eigenvalue weighted by Gasteiger charge is -2.40. The number of amides is 1. The van der Waals surface area contributed by atoms with Crippen LogP contribution in [0.3, 0.4) is 0 Å². The Morgan fingerprint density at radius 3 is 2.76 bits per heavy atom. The molecule has 0 aromatic carbocycles. The molecular formula is C14H14N2O5. The van der Waals surface area contributed by atoms with E-state index in [2.05, 4.69) is 0 Å². The van der Waals surface area contributed by atoms with Gasteiger partial charge < -0.3 is 19.7 Å². The number of rotatable bonds is 1. The van der Waals surface area contributed by atoms with E-state index in [9.17, 15) is 19.5 Å². The van der Waals surface area contributed by atoms with Crippen molar-refractivity contribution in [3.05, 3.63) is 27.7 Å². The Labute approximate surface area is 119 Å². The molecule has 1 aliphatic carbocycles. The van der Waals surface area contributed by atoms with Crippen LogP contribution in [-0.2, 0) is 6.54 Å². The zero-order chi connectivity index (χ0) is 14.9. The van der Waals surface area contributed by atoms with E-state index in [0.29, 0.717) is 12.5 Å². The summed E-state index contributed by atoms with van der Waals surface area (Å²) in [5.74, 6) is -2.07. The van der Waals surface area contributed by atoms with Gasteiger partial charge in [0.15, 0.2) is 11.4 Å². The van der Waals surface area contributed by atoms with E-state index in [0.717, 1.165) is 19.3 Å². The topological polar surface area (TPSA) is 99.8 Å². The van der Waals surface area contributed by atoms with Gasteiger partial charge in [-0.2, -0.15) is 0 Å². The third-order valence-electron chi connectivity index (χ3n) is 5.05. The second-order valence-corrected chi connectivity index (χ2v) is 6.03. The van der Waals surface area contributed by atoms with E-state index in [1.807, 2.05) is 0 Å². The highest BCUT2D eigenvalue weighted by molar-refractivity contribution is 5.98. The van der Waals surface area contributed by atoms with Crippen molar-refractivity contribution in [3.8, 4) is 5.75 Å². The molecule has 3 heterocycles. The molecule has 3 atom stereocenters. The molecule has 2 N–H and O–H groups in total. The number of aromatic hydroxyl groups is 1. The third kappa shape index (κ3) is 1.46. The zero-order valence-corrected chi connectivity index (χ0v) is 11.2. The molecule has 7 heteroatoms. The van der Waals surface area contributed by atoms with E-state index < -0.39 is 22.7 Å². The number of carboxylic acid groups (broad SMARTS) is 1. The smallest absolute Gasteiger partial charge is 0.341 e. The van der Waals surface area contributed by atoms with Gasteiger partial charge in [-0.25, -0.2) is 4.79 Å². The molecule has 1 amide bonds. The summed E-state index contributed by atoms with van der Waals surface area (Å²) < 4.78 is 1.43. The fourth-order valence-corrected chi connectivity index (χ4v) is 4.14. The molecule has 7 nitrogen and oxygen atoms in total. The summed E-state index contributed by atoms with van der Waals surface area (Å²) in [5, 5.41) is 19.0. The highest BCUT2D eigenvalue weighted by Gasteiger charge is 2.51. The molecule has 4 rings (SSSR count). The molecular weight excluding hydrogens is 276 g/mol. The number of hydrogen-bond donors (Lipinski definition) is 2. The van der Waals surface area contributed by atoms with Gasteiger partial charge in [-0.1, -0.05) is 0 Å². The minimum Gasteiger partial charge on any atom is -0.503 e. The van der Waals surface area contributed by atoms with Crippen molar-refractivity contribution in [1.29, 1.82) is 0 Å². The average molecular weight is 290 g/mol. The molecule has 1 saturated carbocycles. The summed E-state index contributed by atoms with van der Waals surface area (Å²) in [4.78, 5) is 37.3. The minimum atomic E-state index is -1.39. The van der Waals surface area contributed by atoms with Crippen molar-refractivity contribution in [1.82, 2.24) is 9.47 Å². The molecule has 110 valence electrons. The number of pyridine rings is 1. The first-order chi connectivity index (χ1) is 9.99. The van der Waals surface area contributed by atoms with E-state index in [-0.39, 0.29) is 23.7 Å². The van der Waals surface area contributed by atoms with Gasteiger partial charge in [0.2, 0.25) is 5.43 Å². The van der Waals surface area contributed by atoms with Crippen LogP contribution in [-0.4, -0.2) is 43.6 Å². The van der Waals surface area contributed by atoms with Gasteiger partial charge in [0.25, 0.3) is 5.91 Å². The number of carboxylic acids is 1. The van der Waals surface area contributed by atoms with Crippen LogP contribution >= 0.6 is 0 Å². The fraction of sp³-hybridized carbons (Fsp3) is 0.500. The second kappa shape index (κ2) is 3.87. The van der Waals surface area contributed by atoms with Crippen LogP contribution in [0.15, 0.2) is 11.0 Å². The number of carbonyl (C=O) groups is 2. The molecule has 2 fully saturated rings. The monoisotopic (exact) mass is 290 g/mol. The van der Waals surface area contributed by atoms with Gasteiger partial charge in [0.05, 0.1) is 6.04 Å².